The Morgan fingerprint density at radius 2 is 2.00 bits per heavy atom. The lowest BCUT2D eigenvalue weighted by atomic mass is 10.2. The maximum absolute atomic E-state index is 11.4. The second-order valence-corrected chi connectivity index (χ2v) is 5.18. The number of thioether (sulfide) groups is 1. The minimum Gasteiger partial charge on any atom is -0.462 e. The second kappa shape index (κ2) is 4.27. The van der Waals surface area contributed by atoms with Crippen molar-refractivity contribution in [3.63, 3.8) is 0 Å². The Kier molecular flexibility index (Phi) is 3.00. The van der Waals surface area contributed by atoms with E-state index in [2.05, 4.69) is 31.2 Å². The highest BCUT2D eigenvalue weighted by Gasteiger charge is 2.32. The van der Waals surface area contributed by atoms with E-state index in [1.54, 1.807) is 11.8 Å². The molecule has 80 valence electrons. The number of ether oxygens (including phenoxy) is 1. The second-order valence-electron chi connectivity index (χ2n) is 3.90. The van der Waals surface area contributed by atoms with Gasteiger partial charge in [0.1, 0.15) is 11.4 Å². The number of cyclic esters (lactones) is 1. The molecule has 0 spiro atoms. The molecular weight excluding hydrogens is 208 g/mol. The van der Waals surface area contributed by atoms with Crippen molar-refractivity contribution in [2.24, 2.45) is 0 Å². The fraction of sp³-hybridized carbons (Fsp3) is 0.417. The molecule has 0 bridgehead atoms. The summed E-state index contributed by atoms with van der Waals surface area (Å²) >= 11 is 1.60. The minimum absolute atomic E-state index is 0.0253. The monoisotopic (exact) mass is 222 g/mol. The molecule has 1 aromatic carbocycles. The van der Waals surface area contributed by atoms with E-state index in [1.807, 2.05) is 6.92 Å². The lowest BCUT2D eigenvalue weighted by Gasteiger charge is -2.05. The first kappa shape index (κ1) is 10.6. The maximum Gasteiger partial charge on any atom is 0.319 e. The first-order chi connectivity index (χ1) is 7.15. The van der Waals surface area contributed by atoms with Gasteiger partial charge in [-0.2, -0.15) is 0 Å². The molecule has 0 aliphatic carbocycles. The SMILES string of the molecule is Cc1ccc(SC2CC(C)OC2=O)cc1. The summed E-state index contributed by atoms with van der Waals surface area (Å²) in [6.07, 6.45) is 0.887. The number of aryl methyl sites for hydroxylation is 1. The largest absolute Gasteiger partial charge is 0.462 e. The van der Waals surface area contributed by atoms with Crippen LogP contribution in [0.4, 0.5) is 0 Å². The topological polar surface area (TPSA) is 26.3 Å². The third-order valence-electron chi connectivity index (χ3n) is 2.43. The summed E-state index contributed by atoms with van der Waals surface area (Å²) in [5.74, 6) is -0.0759. The Labute approximate surface area is 94.0 Å². The summed E-state index contributed by atoms with van der Waals surface area (Å²) in [6.45, 7) is 3.99. The van der Waals surface area contributed by atoms with Gasteiger partial charge in [-0.25, -0.2) is 0 Å². The number of benzene rings is 1. The third kappa shape index (κ3) is 2.53. The Hall–Kier alpha value is -0.960. The van der Waals surface area contributed by atoms with E-state index in [0.717, 1.165) is 11.3 Å². The molecule has 2 unspecified atom stereocenters. The van der Waals surface area contributed by atoms with Gasteiger partial charge in [-0.3, -0.25) is 4.79 Å². The van der Waals surface area contributed by atoms with E-state index in [9.17, 15) is 4.79 Å². The van der Waals surface area contributed by atoms with Crippen molar-refractivity contribution in [2.75, 3.05) is 0 Å². The van der Waals surface area contributed by atoms with Crippen molar-refractivity contribution in [1.29, 1.82) is 0 Å². The standard InChI is InChI=1S/C12H14O2S/c1-8-3-5-10(6-4-8)15-11-7-9(2)14-12(11)13/h3-6,9,11H,7H2,1-2H3. The minimum atomic E-state index is -0.0759. The molecule has 15 heavy (non-hydrogen) atoms. The van der Waals surface area contributed by atoms with Gasteiger partial charge in [0.2, 0.25) is 0 Å². The van der Waals surface area contributed by atoms with Crippen LogP contribution in [0.5, 0.6) is 0 Å². The summed E-state index contributed by atoms with van der Waals surface area (Å²) in [5.41, 5.74) is 1.24. The Bertz CT molecular complexity index is 358. The molecule has 1 fully saturated rings. The van der Waals surface area contributed by atoms with Gasteiger partial charge in [0.15, 0.2) is 0 Å². The lowest BCUT2D eigenvalue weighted by molar-refractivity contribution is -0.140. The highest BCUT2D eigenvalue weighted by atomic mass is 32.2. The van der Waals surface area contributed by atoms with Crippen molar-refractivity contribution >= 4 is 17.7 Å². The maximum atomic E-state index is 11.4. The van der Waals surface area contributed by atoms with E-state index in [0.29, 0.717) is 0 Å². The summed E-state index contributed by atoms with van der Waals surface area (Å²) < 4.78 is 5.11. The molecule has 1 aliphatic rings. The molecule has 0 amide bonds. The zero-order valence-corrected chi connectivity index (χ0v) is 9.71. The highest BCUT2D eigenvalue weighted by molar-refractivity contribution is 8.00. The molecule has 1 saturated heterocycles. The first-order valence-electron chi connectivity index (χ1n) is 5.09. The first-order valence-corrected chi connectivity index (χ1v) is 5.97. The molecule has 0 saturated carbocycles. The molecule has 1 aromatic rings. The molecule has 2 rings (SSSR count). The molecule has 0 radical (unpaired) electrons. The zero-order chi connectivity index (χ0) is 10.8. The molecule has 0 N–H and O–H groups in total. The predicted octanol–water partition coefficient (Wildman–Crippen LogP) is 2.79. The summed E-state index contributed by atoms with van der Waals surface area (Å²) in [7, 11) is 0. The third-order valence-corrected chi connectivity index (χ3v) is 3.64. The number of carbonyl (C=O) groups is 1. The molecular formula is C12H14O2S. The van der Waals surface area contributed by atoms with E-state index in [1.165, 1.54) is 5.56 Å². The fourth-order valence-electron chi connectivity index (χ4n) is 1.60. The van der Waals surface area contributed by atoms with Crippen LogP contribution in [0.25, 0.3) is 0 Å². The van der Waals surface area contributed by atoms with E-state index >= 15 is 0 Å². The van der Waals surface area contributed by atoms with Crippen LogP contribution < -0.4 is 0 Å². The number of esters is 1. The number of hydrogen-bond acceptors (Lipinski definition) is 3. The van der Waals surface area contributed by atoms with Crippen molar-refractivity contribution in [1.82, 2.24) is 0 Å². The van der Waals surface area contributed by atoms with Gasteiger partial charge in [-0.15, -0.1) is 11.8 Å². The van der Waals surface area contributed by atoms with Crippen molar-refractivity contribution in [3.8, 4) is 0 Å². The average Bonchev–Trinajstić information content (AvgIpc) is 2.49. The van der Waals surface area contributed by atoms with Crippen molar-refractivity contribution < 1.29 is 9.53 Å². The van der Waals surface area contributed by atoms with Crippen LogP contribution in [0.1, 0.15) is 18.9 Å². The van der Waals surface area contributed by atoms with Crippen LogP contribution in [-0.4, -0.2) is 17.3 Å². The lowest BCUT2D eigenvalue weighted by Crippen LogP contribution is -2.08. The highest BCUT2D eigenvalue weighted by Crippen LogP contribution is 2.31. The summed E-state index contributed by atoms with van der Waals surface area (Å²) in [4.78, 5) is 12.5. The van der Waals surface area contributed by atoms with Gasteiger partial charge in [0.05, 0.1) is 0 Å². The van der Waals surface area contributed by atoms with Gasteiger partial charge >= 0.3 is 5.97 Å². The van der Waals surface area contributed by atoms with Gasteiger partial charge in [0, 0.05) is 11.3 Å². The molecule has 1 aliphatic heterocycles. The van der Waals surface area contributed by atoms with Crippen LogP contribution in [0, 0.1) is 6.92 Å². The average molecular weight is 222 g/mol. The van der Waals surface area contributed by atoms with Crippen LogP contribution in [0.3, 0.4) is 0 Å². The molecule has 1 heterocycles. The number of rotatable bonds is 2. The van der Waals surface area contributed by atoms with Crippen molar-refractivity contribution in [3.05, 3.63) is 29.8 Å². The summed E-state index contributed by atoms with van der Waals surface area (Å²) in [6, 6.07) is 8.23. The zero-order valence-electron chi connectivity index (χ0n) is 8.90. The van der Waals surface area contributed by atoms with E-state index in [4.69, 9.17) is 4.74 Å². The molecule has 0 aromatic heterocycles. The normalized spacial score (nSPS) is 25.3. The molecule has 2 nitrogen and oxygen atoms in total. The van der Waals surface area contributed by atoms with Gasteiger partial charge in [-0.05, 0) is 26.0 Å². The quantitative estimate of drug-likeness (QED) is 0.720. The van der Waals surface area contributed by atoms with Crippen LogP contribution in [-0.2, 0) is 9.53 Å². The van der Waals surface area contributed by atoms with Gasteiger partial charge in [-0.1, -0.05) is 17.7 Å². The van der Waals surface area contributed by atoms with E-state index in [-0.39, 0.29) is 17.3 Å². The Balaban J connectivity index is 2.03. The number of hydrogen-bond donors (Lipinski definition) is 0. The smallest absolute Gasteiger partial charge is 0.319 e. The number of carbonyl (C=O) groups excluding carboxylic acids is 1. The van der Waals surface area contributed by atoms with Gasteiger partial charge in [0.25, 0.3) is 0 Å². The van der Waals surface area contributed by atoms with E-state index < -0.39 is 0 Å². The van der Waals surface area contributed by atoms with Crippen LogP contribution in [0.15, 0.2) is 29.2 Å². The van der Waals surface area contributed by atoms with Crippen LogP contribution in [0.2, 0.25) is 0 Å². The predicted molar refractivity (Wildman–Crippen MR) is 61.0 cm³/mol. The Morgan fingerprint density at radius 1 is 1.33 bits per heavy atom. The van der Waals surface area contributed by atoms with Gasteiger partial charge < -0.3 is 4.74 Å². The summed E-state index contributed by atoms with van der Waals surface area (Å²) in [5, 5.41) is -0.0253. The molecule has 3 heteroatoms. The fourth-order valence-corrected chi connectivity index (χ4v) is 2.74. The molecule has 2 atom stereocenters. The van der Waals surface area contributed by atoms with Crippen LogP contribution >= 0.6 is 11.8 Å². The Morgan fingerprint density at radius 3 is 2.53 bits per heavy atom. The van der Waals surface area contributed by atoms with Crippen molar-refractivity contribution in [2.45, 2.75) is 36.5 Å².